The number of fused-ring (bicyclic) bond motifs is 1. The molecule has 12 heavy (non-hydrogen) atoms. The van der Waals surface area contributed by atoms with Crippen LogP contribution in [0.1, 0.15) is 11.7 Å². The Kier molecular flexibility index (Phi) is 1.56. The maximum Gasteiger partial charge on any atom is 0.261 e. The number of carbonyl (C=O) groups excluding carboxylic acids is 1. The van der Waals surface area contributed by atoms with Gasteiger partial charge in [-0.15, -0.1) is 0 Å². The van der Waals surface area contributed by atoms with Gasteiger partial charge < -0.3 is 5.32 Å². The number of anilines is 1. The summed E-state index contributed by atoms with van der Waals surface area (Å²) < 4.78 is 0. The quantitative estimate of drug-likeness (QED) is 0.498. The van der Waals surface area contributed by atoms with E-state index in [1.54, 1.807) is 24.3 Å². The molecule has 0 aliphatic carbocycles. The Labute approximate surface area is 68.7 Å². The molecule has 0 saturated carbocycles. The first-order valence-electron chi connectivity index (χ1n) is 3.51. The lowest BCUT2D eigenvalue weighted by atomic mass is 10.1. The fraction of sp³-hybridized carbons (Fsp3) is 0.125. The molecule has 1 amide bonds. The highest BCUT2D eigenvalue weighted by Gasteiger charge is 2.31. The van der Waals surface area contributed by atoms with E-state index in [0.29, 0.717) is 11.3 Å². The number of carbonyl (C=O) groups is 1. The number of amides is 1. The van der Waals surface area contributed by atoms with Crippen molar-refractivity contribution in [2.45, 2.75) is 6.10 Å². The molecule has 0 bridgehead atoms. The van der Waals surface area contributed by atoms with E-state index < -0.39 is 12.0 Å². The maximum atomic E-state index is 11.0. The van der Waals surface area contributed by atoms with Crippen molar-refractivity contribution in [3.8, 4) is 0 Å². The zero-order valence-electron chi connectivity index (χ0n) is 6.11. The number of hydrogen-bond donors (Lipinski definition) is 1. The van der Waals surface area contributed by atoms with Gasteiger partial charge in [-0.3, -0.25) is 4.79 Å². The normalized spacial score (nSPS) is 20.4. The van der Waals surface area contributed by atoms with E-state index in [4.69, 9.17) is 0 Å². The van der Waals surface area contributed by atoms with Gasteiger partial charge in [0.2, 0.25) is 6.10 Å². The van der Waals surface area contributed by atoms with Crippen LogP contribution in [0.3, 0.4) is 0 Å². The summed E-state index contributed by atoms with van der Waals surface area (Å²) in [4.78, 5) is 14.8. The van der Waals surface area contributed by atoms with Gasteiger partial charge in [0.15, 0.2) is 0 Å². The second kappa shape index (κ2) is 2.58. The summed E-state index contributed by atoms with van der Waals surface area (Å²) in [6.45, 7) is 0. The SMILES string of the molecule is [O]OC1C(=O)Nc2ccccc21. The molecule has 4 nitrogen and oxygen atoms in total. The molecule has 1 aliphatic rings. The molecule has 1 radical (unpaired) electrons. The Bertz CT molecular complexity index is 324. The van der Waals surface area contributed by atoms with Crippen LogP contribution in [0.2, 0.25) is 0 Å². The molecule has 0 saturated heterocycles. The second-order valence-electron chi connectivity index (χ2n) is 2.55. The van der Waals surface area contributed by atoms with Gasteiger partial charge in [-0.05, 0) is 11.3 Å². The van der Waals surface area contributed by atoms with Crippen molar-refractivity contribution in [2.75, 3.05) is 5.32 Å². The second-order valence-corrected chi connectivity index (χ2v) is 2.55. The summed E-state index contributed by atoms with van der Waals surface area (Å²) in [6, 6.07) is 6.96. The molecule has 0 spiro atoms. The average molecular weight is 164 g/mol. The third-order valence-corrected chi connectivity index (χ3v) is 1.84. The standard InChI is InChI=1S/C8H6NO3/c10-8-7(12-11)5-3-1-2-4-6(5)9-8/h1-4,7H,(H,9,10). The first kappa shape index (κ1) is 7.27. The minimum atomic E-state index is -0.985. The third-order valence-electron chi connectivity index (χ3n) is 1.84. The minimum absolute atomic E-state index is 0.397. The first-order valence-corrected chi connectivity index (χ1v) is 3.51. The van der Waals surface area contributed by atoms with Crippen LogP contribution >= 0.6 is 0 Å². The lowest BCUT2D eigenvalue weighted by Crippen LogP contribution is -2.12. The van der Waals surface area contributed by atoms with E-state index in [9.17, 15) is 10.1 Å². The largest absolute Gasteiger partial charge is 0.323 e. The number of benzene rings is 1. The highest BCUT2D eigenvalue weighted by atomic mass is 17.1. The van der Waals surface area contributed by atoms with Gasteiger partial charge in [0.25, 0.3) is 5.91 Å². The summed E-state index contributed by atoms with van der Waals surface area (Å²) in [5.74, 6) is -0.397. The molecule has 1 N–H and O–H groups in total. The van der Waals surface area contributed by atoms with E-state index in [1.165, 1.54) is 0 Å². The highest BCUT2D eigenvalue weighted by molar-refractivity contribution is 6.01. The number of para-hydroxylation sites is 1. The molecular weight excluding hydrogens is 158 g/mol. The van der Waals surface area contributed by atoms with Crippen molar-refractivity contribution < 1.29 is 14.9 Å². The molecule has 4 heteroatoms. The van der Waals surface area contributed by atoms with E-state index in [-0.39, 0.29) is 0 Å². The Morgan fingerprint density at radius 1 is 1.33 bits per heavy atom. The predicted octanol–water partition coefficient (Wildman–Crippen LogP) is 1.04. The first-order chi connectivity index (χ1) is 5.83. The number of rotatable bonds is 1. The summed E-state index contributed by atoms with van der Waals surface area (Å²) in [6.07, 6.45) is -0.985. The molecule has 61 valence electrons. The lowest BCUT2D eigenvalue weighted by molar-refractivity contribution is -0.327. The zero-order chi connectivity index (χ0) is 8.55. The topological polar surface area (TPSA) is 58.2 Å². The van der Waals surface area contributed by atoms with Crippen molar-refractivity contribution >= 4 is 11.6 Å². The van der Waals surface area contributed by atoms with Crippen LogP contribution in [0.25, 0.3) is 0 Å². The summed E-state index contributed by atoms with van der Waals surface area (Å²) in [5.41, 5.74) is 1.26. The molecule has 2 rings (SSSR count). The molecule has 1 aromatic rings. The predicted molar refractivity (Wildman–Crippen MR) is 39.6 cm³/mol. The van der Waals surface area contributed by atoms with Crippen LogP contribution in [0.15, 0.2) is 24.3 Å². The molecular formula is C8H6NO3. The van der Waals surface area contributed by atoms with E-state index in [1.807, 2.05) is 0 Å². The fourth-order valence-electron chi connectivity index (χ4n) is 1.27. The maximum absolute atomic E-state index is 11.0. The molecule has 0 fully saturated rings. The molecule has 0 aromatic heterocycles. The van der Waals surface area contributed by atoms with Gasteiger partial charge in [-0.25, -0.2) is 0 Å². The van der Waals surface area contributed by atoms with Crippen molar-refractivity contribution in [3.05, 3.63) is 29.8 Å². The monoisotopic (exact) mass is 164 g/mol. The summed E-state index contributed by atoms with van der Waals surface area (Å²) in [7, 11) is 0. The van der Waals surface area contributed by atoms with Crippen LogP contribution in [-0.4, -0.2) is 5.91 Å². The van der Waals surface area contributed by atoms with Crippen LogP contribution in [0.4, 0.5) is 5.69 Å². The van der Waals surface area contributed by atoms with E-state index in [0.717, 1.165) is 0 Å². The summed E-state index contributed by atoms with van der Waals surface area (Å²) >= 11 is 0. The minimum Gasteiger partial charge on any atom is -0.323 e. The van der Waals surface area contributed by atoms with Gasteiger partial charge in [0, 0.05) is 11.3 Å². The number of hydrogen-bond acceptors (Lipinski definition) is 2. The van der Waals surface area contributed by atoms with Crippen molar-refractivity contribution in [1.82, 2.24) is 0 Å². The van der Waals surface area contributed by atoms with Gasteiger partial charge in [0.05, 0.1) is 0 Å². The van der Waals surface area contributed by atoms with E-state index in [2.05, 4.69) is 10.2 Å². The molecule has 1 aromatic carbocycles. The Morgan fingerprint density at radius 2 is 2.08 bits per heavy atom. The van der Waals surface area contributed by atoms with Crippen molar-refractivity contribution in [3.63, 3.8) is 0 Å². The van der Waals surface area contributed by atoms with Crippen LogP contribution in [0.5, 0.6) is 0 Å². The zero-order valence-corrected chi connectivity index (χ0v) is 6.11. The molecule has 1 heterocycles. The van der Waals surface area contributed by atoms with Crippen molar-refractivity contribution in [1.29, 1.82) is 0 Å². The number of nitrogens with one attached hydrogen (secondary N) is 1. The van der Waals surface area contributed by atoms with Crippen LogP contribution in [0, 0.1) is 0 Å². The van der Waals surface area contributed by atoms with Gasteiger partial charge in [-0.2, -0.15) is 4.89 Å². The fourth-order valence-corrected chi connectivity index (χ4v) is 1.27. The molecule has 1 unspecified atom stereocenters. The van der Waals surface area contributed by atoms with Crippen LogP contribution in [-0.2, 0) is 14.9 Å². The van der Waals surface area contributed by atoms with Crippen molar-refractivity contribution in [2.24, 2.45) is 0 Å². The van der Waals surface area contributed by atoms with E-state index >= 15 is 0 Å². The lowest BCUT2D eigenvalue weighted by Gasteiger charge is -1.99. The highest BCUT2D eigenvalue weighted by Crippen LogP contribution is 2.31. The Balaban J connectivity index is 2.47. The van der Waals surface area contributed by atoms with Gasteiger partial charge in [-0.1, -0.05) is 18.2 Å². The van der Waals surface area contributed by atoms with Crippen LogP contribution < -0.4 is 5.32 Å². The Hall–Kier alpha value is -1.39. The Morgan fingerprint density at radius 3 is 2.83 bits per heavy atom. The molecule has 1 atom stereocenters. The molecule has 1 aliphatic heterocycles. The smallest absolute Gasteiger partial charge is 0.261 e. The van der Waals surface area contributed by atoms with Gasteiger partial charge in [0.1, 0.15) is 0 Å². The summed E-state index contributed by atoms with van der Waals surface area (Å²) in [5, 5.41) is 12.7. The van der Waals surface area contributed by atoms with Gasteiger partial charge >= 0.3 is 0 Å². The third kappa shape index (κ3) is 0.895. The average Bonchev–Trinajstić information content (AvgIpc) is 2.40.